The van der Waals surface area contributed by atoms with Gasteiger partial charge in [0.15, 0.2) is 0 Å². The van der Waals surface area contributed by atoms with Gasteiger partial charge in [-0.3, -0.25) is 9.59 Å². The van der Waals surface area contributed by atoms with Crippen molar-refractivity contribution in [2.45, 2.75) is 50.1 Å². The van der Waals surface area contributed by atoms with Gasteiger partial charge in [0.05, 0.1) is 18.6 Å². The summed E-state index contributed by atoms with van der Waals surface area (Å²) in [5.41, 5.74) is 2.52. The summed E-state index contributed by atoms with van der Waals surface area (Å²) < 4.78 is 32.4. The maximum atomic E-state index is 13.1. The second-order valence-corrected chi connectivity index (χ2v) is 11.1. The van der Waals surface area contributed by atoms with Crippen LogP contribution in [0.3, 0.4) is 0 Å². The molecule has 1 unspecified atom stereocenters. The maximum absolute atomic E-state index is 13.1. The van der Waals surface area contributed by atoms with Gasteiger partial charge in [0.25, 0.3) is 0 Å². The largest absolute Gasteiger partial charge is 0.497 e. The fourth-order valence-electron chi connectivity index (χ4n) is 4.42. The van der Waals surface area contributed by atoms with Crippen LogP contribution in [0.5, 0.6) is 5.75 Å². The standard InChI is InChI=1S/C25H31N3O5S/c1-17-13-20-14-22(11-12-23(20)28(17)25(30)19-5-4-6-19)34(31,32)27(2)16-24(29)26-15-18-7-9-21(33-3)10-8-18/h7-12,14,17,19H,4-6,13,15-16H2,1-3H3,(H,26,29). The van der Waals surface area contributed by atoms with Gasteiger partial charge in [-0.25, -0.2) is 8.42 Å². The summed E-state index contributed by atoms with van der Waals surface area (Å²) in [5.74, 6) is 0.548. The van der Waals surface area contributed by atoms with Crippen LogP contribution in [0.25, 0.3) is 0 Å². The lowest BCUT2D eigenvalue weighted by Crippen LogP contribution is -2.42. The van der Waals surface area contributed by atoms with Gasteiger partial charge in [-0.2, -0.15) is 4.31 Å². The summed E-state index contributed by atoms with van der Waals surface area (Å²) >= 11 is 0. The van der Waals surface area contributed by atoms with Gasteiger partial charge >= 0.3 is 0 Å². The number of fused-ring (bicyclic) bond motifs is 1. The molecule has 1 aliphatic carbocycles. The predicted molar refractivity (Wildman–Crippen MR) is 129 cm³/mol. The van der Waals surface area contributed by atoms with Crippen LogP contribution >= 0.6 is 0 Å². The van der Waals surface area contributed by atoms with Gasteiger partial charge in [-0.1, -0.05) is 18.6 Å². The molecule has 0 aromatic heterocycles. The van der Waals surface area contributed by atoms with Crippen molar-refractivity contribution in [1.29, 1.82) is 0 Å². The van der Waals surface area contributed by atoms with Crippen LogP contribution in [0.15, 0.2) is 47.4 Å². The highest BCUT2D eigenvalue weighted by Gasteiger charge is 2.37. The fourth-order valence-corrected chi connectivity index (χ4v) is 5.60. The van der Waals surface area contributed by atoms with Crippen LogP contribution in [-0.2, 0) is 32.6 Å². The molecule has 1 fully saturated rings. The molecule has 1 aliphatic heterocycles. The molecular formula is C25H31N3O5S. The minimum atomic E-state index is -3.86. The number of rotatable bonds is 8. The second kappa shape index (κ2) is 9.76. The molecule has 1 N–H and O–H groups in total. The van der Waals surface area contributed by atoms with Crippen LogP contribution in [0, 0.1) is 5.92 Å². The van der Waals surface area contributed by atoms with Crippen molar-refractivity contribution in [3.63, 3.8) is 0 Å². The highest BCUT2D eigenvalue weighted by Crippen LogP contribution is 2.38. The van der Waals surface area contributed by atoms with E-state index in [1.54, 1.807) is 31.4 Å². The van der Waals surface area contributed by atoms with Crippen LogP contribution < -0.4 is 15.0 Å². The molecule has 0 bridgehead atoms. The van der Waals surface area contributed by atoms with Crippen molar-refractivity contribution >= 4 is 27.5 Å². The van der Waals surface area contributed by atoms with Crippen molar-refractivity contribution in [3.05, 3.63) is 53.6 Å². The van der Waals surface area contributed by atoms with Gasteiger partial charge in [0.1, 0.15) is 5.75 Å². The number of sulfonamides is 1. The number of anilines is 1. The Morgan fingerprint density at radius 1 is 1.15 bits per heavy atom. The third-order valence-electron chi connectivity index (χ3n) is 6.68. The van der Waals surface area contributed by atoms with Crippen molar-refractivity contribution < 1.29 is 22.7 Å². The van der Waals surface area contributed by atoms with E-state index in [0.29, 0.717) is 6.42 Å². The summed E-state index contributed by atoms with van der Waals surface area (Å²) in [4.78, 5) is 27.2. The van der Waals surface area contributed by atoms with E-state index >= 15 is 0 Å². The predicted octanol–water partition coefficient (Wildman–Crippen LogP) is 2.71. The summed E-state index contributed by atoms with van der Waals surface area (Å²) in [6.07, 6.45) is 3.55. The van der Waals surface area contributed by atoms with Crippen molar-refractivity contribution in [2.24, 2.45) is 5.92 Å². The number of ether oxygens (including phenoxy) is 1. The molecule has 9 heteroatoms. The average Bonchev–Trinajstić information content (AvgIpc) is 3.11. The van der Waals surface area contributed by atoms with Gasteiger partial charge in [-0.15, -0.1) is 0 Å². The Morgan fingerprint density at radius 3 is 2.47 bits per heavy atom. The molecule has 34 heavy (non-hydrogen) atoms. The molecule has 1 saturated carbocycles. The first-order chi connectivity index (χ1) is 16.2. The van der Waals surface area contributed by atoms with Crippen molar-refractivity contribution in [1.82, 2.24) is 9.62 Å². The fraction of sp³-hybridized carbons (Fsp3) is 0.440. The highest BCUT2D eigenvalue weighted by atomic mass is 32.2. The Labute approximate surface area is 200 Å². The summed E-state index contributed by atoms with van der Waals surface area (Å²) in [6.45, 7) is 1.99. The molecule has 182 valence electrons. The lowest BCUT2D eigenvalue weighted by molar-refractivity contribution is -0.125. The van der Waals surface area contributed by atoms with E-state index in [1.807, 2.05) is 24.0 Å². The number of nitrogens with one attached hydrogen (secondary N) is 1. The first-order valence-electron chi connectivity index (χ1n) is 11.5. The van der Waals surface area contributed by atoms with Crippen LogP contribution in [0.4, 0.5) is 5.69 Å². The molecule has 0 radical (unpaired) electrons. The van der Waals surface area contributed by atoms with Gasteiger partial charge in [0, 0.05) is 31.2 Å². The van der Waals surface area contributed by atoms with E-state index < -0.39 is 15.9 Å². The smallest absolute Gasteiger partial charge is 0.243 e. The van der Waals surface area contributed by atoms with Crippen LogP contribution in [0.1, 0.15) is 37.3 Å². The SMILES string of the molecule is COc1ccc(CNC(=O)CN(C)S(=O)(=O)c2ccc3c(c2)CC(C)N3C(=O)C2CCC2)cc1. The van der Waals surface area contributed by atoms with Gasteiger partial charge in [-0.05, 0) is 67.6 Å². The number of likely N-dealkylation sites (N-methyl/N-ethyl adjacent to an activating group) is 1. The van der Waals surface area contributed by atoms with E-state index in [2.05, 4.69) is 5.32 Å². The second-order valence-electron chi connectivity index (χ2n) is 9.07. The Hall–Kier alpha value is -2.91. The number of carbonyl (C=O) groups excluding carboxylic acids is 2. The zero-order valence-corrected chi connectivity index (χ0v) is 20.6. The number of hydrogen-bond donors (Lipinski definition) is 1. The molecule has 1 atom stereocenters. The topological polar surface area (TPSA) is 96.0 Å². The number of methoxy groups -OCH3 is 1. The van der Waals surface area contributed by atoms with Crippen LogP contribution in [0.2, 0.25) is 0 Å². The zero-order valence-electron chi connectivity index (χ0n) is 19.8. The lowest BCUT2D eigenvalue weighted by atomic mass is 9.84. The Bertz CT molecular complexity index is 1180. The van der Waals surface area contributed by atoms with E-state index in [4.69, 9.17) is 4.74 Å². The van der Waals surface area contributed by atoms with E-state index in [-0.39, 0.29) is 35.9 Å². The normalized spacial score (nSPS) is 17.9. The Kier molecular flexibility index (Phi) is 6.95. The average molecular weight is 486 g/mol. The van der Waals surface area contributed by atoms with E-state index in [9.17, 15) is 18.0 Å². The number of amides is 2. The zero-order chi connectivity index (χ0) is 24.5. The minimum Gasteiger partial charge on any atom is -0.497 e. The molecule has 8 nitrogen and oxygen atoms in total. The number of benzene rings is 2. The van der Waals surface area contributed by atoms with Gasteiger partial charge in [0.2, 0.25) is 21.8 Å². The number of nitrogens with zero attached hydrogens (tertiary/aromatic N) is 2. The first-order valence-corrected chi connectivity index (χ1v) is 13.0. The summed E-state index contributed by atoms with van der Waals surface area (Å²) in [5, 5.41) is 2.75. The molecule has 2 aliphatic rings. The molecule has 2 aromatic carbocycles. The van der Waals surface area contributed by atoms with Gasteiger partial charge < -0.3 is 15.0 Å². The highest BCUT2D eigenvalue weighted by molar-refractivity contribution is 7.89. The van der Waals surface area contributed by atoms with E-state index in [1.165, 1.54) is 13.1 Å². The molecule has 2 amide bonds. The van der Waals surface area contributed by atoms with Crippen molar-refractivity contribution in [3.8, 4) is 5.75 Å². The maximum Gasteiger partial charge on any atom is 0.243 e. The monoisotopic (exact) mass is 485 g/mol. The molecule has 4 rings (SSSR count). The van der Waals surface area contributed by atoms with E-state index in [0.717, 1.165) is 46.1 Å². The third-order valence-corrected chi connectivity index (χ3v) is 8.48. The summed E-state index contributed by atoms with van der Waals surface area (Å²) in [6, 6.07) is 12.2. The minimum absolute atomic E-state index is 0.00233. The molecular weight excluding hydrogens is 454 g/mol. The number of hydrogen-bond acceptors (Lipinski definition) is 5. The quantitative estimate of drug-likeness (QED) is 0.620. The molecule has 0 spiro atoms. The third kappa shape index (κ3) is 4.81. The molecule has 1 heterocycles. The van der Waals surface area contributed by atoms with Crippen LogP contribution in [-0.4, -0.2) is 51.3 Å². The first kappa shape index (κ1) is 24.2. The summed E-state index contributed by atoms with van der Waals surface area (Å²) in [7, 11) is -0.884. The Morgan fingerprint density at radius 2 is 1.85 bits per heavy atom. The van der Waals surface area contributed by atoms with Crippen molar-refractivity contribution in [2.75, 3.05) is 25.6 Å². The Balaban J connectivity index is 1.40. The molecule has 0 saturated heterocycles. The lowest BCUT2D eigenvalue weighted by Gasteiger charge is -2.32. The number of carbonyl (C=O) groups is 2. The molecule has 2 aromatic rings.